The second-order valence-electron chi connectivity index (χ2n) is 5.04. The van der Waals surface area contributed by atoms with Gasteiger partial charge in [-0.3, -0.25) is 0 Å². The molecule has 0 aliphatic carbocycles. The van der Waals surface area contributed by atoms with Crippen LogP contribution in [0.25, 0.3) is 22.3 Å². The van der Waals surface area contributed by atoms with Gasteiger partial charge in [0.25, 0.3) is 0 Å². The molecule has 0 aliphatic heterocycles. The Labute approximate surface area is 131 Å². The number of rotatable bonds is 3. The highest BCUT2D eigenvalue weighted by molar-refractivity contribution is 5.80. The van der Waals surface area contributed by atoms with Crippen molar-refractivity contribution in [3.8, 4) is 11.3 Å². The number of hydrogen-bond donors (Lipinski definition) is 2. The zero-order chi connectivity index (χ0) is 15.6. The lowest BCUT2D eigenvalue weighted by atomic mass is 10.1. The normalized spacial score (nSPS) is 10.8. The average Bonchev–Trinajstić information content (AvgIpc) is 3.03. The van der Waals surface area contributed by atoms with Gasteiger partial charge in [-0.25, -0.2) is 19.3 Å². The summed E-state index contributed by atoms with van der Waals surface area (Å²) >= 11 is 0. The summed E-state index contributed by atoms with van der Waals surface area (Å²) in [7, 11) is 0. The molecule has 5 nitrogen and oxygen atoms in total. The molecule has 0 amide bonds. The zero-order valence-electron chi connectivity index (χ0n) is 12.0. The molecule has 2 heterocycles. The number of nitrogens with zero attached hydrogens (tertiary/aromatic N) is 3. The van der Waals surface area contributed by atoms with Gasteiger partial charge in [-0.2, -0.15) is 0 Å². The molecule has 0 unspecified atom stereocenters. The Morgan fingerprint density at radius 2 is 1.96 bits per heavy atom. The van der Waals surface area contributed by atoms with Crippen LogP contribution in [0.5, 0.6) is 0 Å². The summed E-state index contributed by atoms with van der Waals surface area (Å²) in [5.41, 5.74) is 4.18. The number of nitrogens with one attached hydrogen (secondary N) is 2. The second-order valence-corrected chi connectivity index (χ2v) is 5.04. The third-order valence-corrected chi connectivity index (χ3v) is 3.45. The summed E-state index contributed by atoms with van der Waals surface area (Å²) < 4.78 is 13.2. The summed E-state index contributed by atoms with van der Waals surface area (Å²) in [6.07, 6.45) is 3.33. The molecule has 2 aromatic carbocycles. The number of H-pyrrole nitrogens is 1. The number of anilines is 2. The summed E-state index contributed by atoms with van der Waals surface area (Å²) in [5, 5.41) is 3.00. The van der Waals surface area contributed by atoms with Crippen molar-refractivity contribution >= 4 is 22.7 Å². The molecular weight excluding hydrogens is 293 g/mol. The van der Waals surface area contributed by atoms with Crippen molar-refractivity contribution in [2.45, 2.75) is 0 Å². The van der Waals surface area contributed by atoms with Crippen molar-refractivity contribution in [1.82, 2.24) is 19.9 Å². The SMILES string of the molecule is Fc1cccc(Nc2nccc(-c3ccc4nc[nH]c4c3)n2)c1. The number of hydrogen-bond acceptors (Lipinski definition) is 4. The lowest BCUT2D eigenvalue weighted by Gasteiger charge is -2.07. The predicted octanol–water partition coefficient (Wildman–Crippen LogP) is 3.90. The third-order valence-electron chi connectivity index (χ3n) is 3.45. The topological polar surface area (TPSA) is 66.5 Å². The highest BCUT2D eigenvalue weighted by atomic mass is 19.1. The summed E-state index contributed by atoms with van der Waals surface area (Å²) in [6, 6.07) is 13.9. The van der Waals surface area contributed by atoms with Crippen molar-refractivity contribution in [1.29, 1.82) is 0 Å². The molecule has 0 radical (unpaired) electrons. The van der Waals surface area contributed by atoms with Gasteiger partial charge in [0, 0.05) is 17.4 Å². The van der Waals surface area contributed by atoms with E-state index in [4.69, 9.17) is 0 Å². The van der Waals surface area contributed by atoms with E-state index in [1.165, 1.54) is 12.1 Å². The van der Waals surface area contributed by atoms with Crippen LogP contribution in [-0.4, -0.2) is 19.9 Å². The summed E-state index contributed by atoms with van der Waals surface area (Å²) in [5.74, 6) is 0.105. The molecule has 0 fully saturated rings. The van der Waals surface area contributed by atoms with Gasteiger partial charge in [0.2, 0.25) is 5.95 Å². The molecule has 0 bridgehead atoms. The largest absolute Gasteiger partial charge is 0.345 e. The maximum absolute atomic E-state index is 13.2. The minimum Gasteiger partial charge on any atom is -0.345 e. The maximum Gasteiger partial charge on any atom is 0.227 e. The Morgan fingerprint density at radius 3 is 2.87 bits per heavy atom. The molecular formula is C17H12FN5. The van der Waals surface area contributed by atoms with Gasteiger partial charge in [-0.1, -0.05) is 12.1 Å². The van der Waals surface area contributed by atoms with Crippen LogP contribution in [0, 0.1) is 5.82 Å². The van der Waals surface area contributed by atoms with Gasteiger partial charge in [-0.15, -0.1) is 0 Å². The Bertz CT molecular complexity index is 979. The number of fused-ring (bicyclic) bond motifs is 1. The van der Waals surface area contributed by atoms with E-state index in [2.05, 4.69) is 25.3 Å². The van der Waals surface area contributed by atoms with Crippen LogP contribution in [0.4, 0.5) is 16.0 Å². The fourth-order valence-corrected chi connectivity index (χ4v) is 2.37. The van der Waals surface area contributed by atoms with E-state index < -0.39 is 0 Å². The standard InChI is InChI=1S/C17H12FN5/c18-12-2-1-3-13(9-12)22-17-19-7-6-14(23-17)11-4-5-15-16(8-11)21-10-20-15/h1-10H,(H,20,21)(H,19,22,23). The van der Waals surface area contributed by atoms with E-state index in [0.29, 0.717) is 11.6 Å². The van der Waals surface area contributed by atoms with E-state index in [1.807, 2.05) is 24.3 Å². The quantitative estimate of drug-likeness (QED) is 0.602. The molecule has 112 valence electrons. The molecule has 4 rings (SSSR count). The first kappa shape index (κ1) is 13.4. The first-order valence-corrected chi connectivity index (χ1v) is 7.07. The van der Waals surface area contributed by atoms with Crippen LogP contribution < -0.4 is 5.32 Å². The van der Waals surface area contributed by atoms with Gasteiger partial charge in [0.1, 0.15) is 5.82 Å². The molecule has 2 aromatic heterocycles. The van der Waals surface area contributed by atoms with Crippen LogP contribution in [0.1, 0.15) is 0 Å². The highest BCUT2D eigenvalue weighted by Gasteiger charge is 2.05. The highest BCUT2D eigenvalue weighted by Crippen LogP contribution is 2.22. The molecule has 0 saturated carbocycles. The second kappa shape index (κ2) is 5.49. The minimum atomic E-state index is -0.309. The molecule has 0 saturated heterocycles. The van der Waals surface area contributed by atoms with E-state index in [1.54, 1.807) is 24.7 Å². The smallest absolute Gasteiger partial charge is 0.227 e. The van der Waals surface area contributed by atoms with Crippen LogP contribution in [0.15, 0.2) is 61.1 Å². The molecule has 4 aromatic rings. The Hall–Kier alpha value is -3.28. The third kappa shape index (κ3) is 2.74. The van der Waals surface area contributed by atoms with Crippen LogP contribution in [0.2, 0.25) is 0 Å². The number of halogens is 1. The lowest BCUT2D eigenvalue weighted by molar-refractivity contribution is 0.628. The molecule has 2 N–H and O–H groups in total. The van der Waals surface area contributed by atoms with Gasteiger partial charge < -0.3 is 10.3 Å². The lowest BCUT2D eigenvalue weighted by Crippen LogP contribution is -1.98. The van der Waals surface area contributed by atoms with Crippen molar-refractivity contribution in [3.63, 3.8) is 0 Å². The number of aromatic amines is 1. The van der Waals surface area contributed by atoms with Gasteiger partial charge in [0.05, 0.1) is 23.1 Å². The van der Waals surface area contributed by atoms with Crippen LogP contribution >= 0.6 is 0 Å². The molecule has 23 heavy (non-hydrogen) atoms. The van der Waals surface area contributed by atoms with Gasteiger partial charge in [-0.05, 0) is 36.4 Å². The average molecular weight is 305 g/mol. The summed E-state index contributed by atoms with van der Waals surface area (Å²) in [4.78, 5) is 15.9. The molecule has 6 heteroatoms. The van der Waals surface area contributed by atoms with E-state index in [-0.39, 0.29) is 5.82 Å². The predicted molar refractivity (Wildman–Crippen MR) is 86.8 cm³/mol. The van der Waals surface area contributed by atoms with E-state index >= 15 is 0 Å². The fraction of sp³-hybridized carbons (Fsp3) is 0. The zero-order valence-corrected chi connectivity index (χ0v) is 12.0. The number of imidazole rings is 1. The Kier molecular flexibility index (Phi) is 3.20. The molecule has 0 atom stereocenters. The van der Waals surface area contributed by atoms with E-state index in [0.717, 1.165) is 22.3 Å². The molecule has 0 spiro atoms. The summed E-state index contributed by atoms with van der Waals surface area (Å²) in [6.45, 7) is 0. The fourth-order valence-electron chi connectivity index (χ4n) is 2.37. The first-order chi connectivity index (χ1) is 11.3. The van der Waals surface area contributed by atoms with Crippen LogP contribution in [0.3, 0.4) is 0 Å². The van der Waals surface area contributed by atoms with Crippen molar-refractivity contribution < 1.29 is 4.39 Å². The maximum atomic E-state index is 13.2. The Morgan fingerprint density at radius 1 is 1.00 bits per heavy atom. The van der Waals surface area contributed by atoms with Crippen molar-refractivity contribution in [2.24, 2.45) is 0 Å². The number of aromatic nitrogens is 4. The van der Waals surface area contributed by atoms with E-state index in [9.17, 15) is 4.39 Å². The van der Waals surface area contributed by atoms with Crippen molar-refractivity contribution in [3.05, 3.63) is 66.9 Å². The monoisotopic (exact) mass is 305 g/mol. The van der Waals surface area contributed by atoms with Crippen LogP contribution in [-0.2, 0) is 0 Å². The molecule has 0 aliphatic rings. The van der Waals surface area contributed by atoms with Crippen molar-refractivity contribution in [2.75, 3.05) is 5.32 Å². The van der Waals surface area contributed by atoms with Gasteiger partial charge >= 0.3 is 0 Å². The Balaban J connectivity index is 1.67. The first-order valence-electron chi connectivity index (χ1n) is 7.07. The van der Waals surface area contributed by atoms with Gasteiger partial charge in [0.15, 0.2) is 0 Å². The number of benzene rings is 2. The minimum absolute atomic E-state index is 0.309.